The van der Waals surface area contributed by atoms with Gasteiger partial charge in [0.15, 0.2) is 0 Å². The van der Waals surface area contributed by atoms with E-state index in [4.69, 9.17) is 18.8 Å². The third kappa shape index (κ3) is 2.91. The van der Waals surface area contributed by atoms with Gasteiger partial charge in [0.1, 0.15) is 6.10 Å². The molecule has 3 rings (SSSR count). The maximum Gasteiger partial charge on any atom is 0.498 e. The van der Waals surface area contributed by atoms with Gasteiger partial charge < -0.3 is 18.8 Å². The van der Waals surface area contributed by atoms with Crippen molar-refractivity contribution in [2.24, 2.45) is 0 Å². The number of ether oxygens (including phenoxy) is 2. The Morgan fingerprint density at radius 1 is 1.14 bits per heavy atom. The minimum atomic E-state index is -0.445. The van der Waals surface area contributed by atoms with E-state index in [-0.39, 0.29) is 17.3 Å². The highest BCUT2D eigenvalue weighted by atomic mass is 16.7. The van der Waals surface area contributed by atoms with Gasteiger partial charge in [-0.15, -0.1) is 0 Å². The summed E-state index contributed by atoms with van der Waals surface area (Å²) >= 11 is 0. The Kier molecular flexibility index (Phi) is 3.67. The molecule has 1 unspecified atom stereocenters. The Morgan fingerprint density at radius 3 is 2.29 bits per heavy atom. The van der Waals surface area contributed by atoms with Crippen LogP contribution in [0.2, 0.25) is 0 Å². The minimum Gasteiger partial charge on any atom is -0.458 e. The van der Waals surface area contributed by atoms with E-state index in [2.05, 4.69) is 9.97 Å². The van der Waals surface area contributed by atoms with E-state index in [1.807, 2.05) is 27.7 Å². The van der Waals surface area contributed by atoms with Gasteiger partial charge in [-0.1, -0.05) is 0 Å². The second kappa shape index (κ2) is 5.23. The van der Waals surface area contributed by atoms with Crippen LogP contribution < -0.4 is 10.2 Å². The molecule has 1 atom stereocenters. The first-order chi connectivity index (χ1) is 9.87. The number of aromatic nitrogens is 2. The Morgan fingerprint density at radius 2 is 1.76 bits per heavy atom. The fraction of sp³-hybridized carbons (Fsp3) is 0.714. The molecule has 0 spiro atoms. The summed E-state index contributed by atoms with van der Waals surface area (Å²) in [6.07, 6.45) is 4.32. The standard InChI is InChI=1S/C14H21BN2O4/c1-13(2)14(3,4)21-15(20-13)10-7-16-12(17-8-10)19-11-5-6-18-9-11/h7-8,11H,5-6,9H2,1-4H3. The SMILES string of the molecule is CC1(C)OB(c2cnc(OC3CCOC3)nc2)OC1(C)C. The van der Waals surface area contributed by atoms with Crippen LogP contribution in [0.4, 0.5) is 0 Å². The lowest BCUT2D eigenvalue weighted by Crippen LogP contribution is -2.41. The zero-order chi connectivity index (χ0) is 15.1. The predicted molar refractivity (Wildman–Crippen MR) is 77.6 cm³/mol. The molecule has 1 aromatic heterocycles. The van der Waals surface area contributed by atoms with Crippen LogP contribution in [0.15, 0.2) is 12.4 Å². The quantitative estimate of drug-likeness (QED) is 0.773. The van der Waals surface area contributed by atoms with Crippen molar-refractivity contribution >= 4 is 12.6 Å². The van der Waals surface area contributed by atoms with Gasteiger partial charge in [-0.25, -0.2) is 9.97 Å². The second-order valence-corrected chi connectivity index (χ2v) is 6.49. The number of hydrogen-bond donors (Lipinski definition) is 0. The average Bonchev–Trinajstić information content (AvgIpc) is 2.97. The van der Waals surface area contributed by atoms with E-state index in [1.165, 1.54) is 0 Å². The summed E-state index contributed by atoms with van der Waals surface area (Å²) in [4.78, 5) is 8.47. The first-order valence-corrected chi connectivity index (χ1v) is 7.29. The molecule has 0 aliphatic carbocycles. The van der Waals surface area contributed by atoms with E-state index < -0.39 is 7.12 Å². The Bertz CT molecular complexity index is 484. The normalized spacial score (nSPS) is 27.0. The Labute approximate surface area is 125 Å². The summed E-state index contributed by atoms with van der Waals surface area (Å²) in [6, 6.07) is 0.366. The zero-order valence-corrected chi connectivity index (χ0v) is 13.0. The van der Waals surface area contributed by atoms with Crippen molar-refractivity contribution in [2.75, 3.05) is 13.2 Å². The zero-order valence-electron chi connectivity index (χ0n) is 13.0. The Balaban J connectivity index is 1.67. The average molecular weight is 292 g/mol. The molecule has 0 N–H and O–H groups in total. The van der Waals surface area contributed by atoms with Gasteiger partial charge in [-0.05, 0) is 27.7 Å². The van der Waals surface area contributed by atoms with Gasteiger partial charge in [0.25, 0.3) is 0 Å². The highest BCUT2D eigenvalue weighted by Gasteiger charge is 2.51. The summed E-state index contributed by atoms with van der Waals surface area (Å²) in [5.74, 6) is 0. The van der Waals surface area contributed by atoms with Crippen LogP contribution in [0.1, 0.15) is 34.1 Å². The molecule has 0 bridgehead atoms. The van der Waals surface area contributed by atoms with Gasteiger partial charge in [0.2, 0.25) is 0 Å². The van der Waals surface area contributed by atoms with Crippen molar-refractivity contribution in [1.82, 2.24) is 9.97 Å². The molecule has 6 nitrogen and oxygen atoms in total. The molecule has 2 saturated heterocycles. The van der Waals surface area contributed by atoms with Gasteiger partial charge >= 0.3 is 13.1 Å². The predicted octanol–water partition coefficient (Wildman–Crippen LogP) is 0.943. The van der Waals surface area contributed by atoms with Crippen LogP contribution in [0.25, 0.3) is 0 Å². The lowest BCUT2D eigenvalue weighted by Gasteiger charge is -2.32. The molecule has 21 heavy (non-hydrogen) atoms. The third-order valence-corrected chi connectivity index (χ3v) is 4.33. The smallest absolute Gasteiger partial charge is 0.458 e. The molecule has 7 heteroatoms. The fourth-order valence-corrected chi connectivity index (χ4v) is 2.24. The van der Waals surface area contributed by atoms with Crippen LogP contribution in [-0.2, 0) is 14.0 Å². The van der Waals surface area contributed by atoms with Crippen molar-refractivity contribution in [3.63, 3.8) is 0 Å². The molecule has 1 aromatic rings. The van der Waals surface area contributed by atoms with E-state index in [0.717, 1.165) is 18.5 Å². The minimum absolute atomic E-state index is 0.0488. The van der Waals surface area contributed by atoms with Gasteiger partial charge in [-0.2, -0.15) is 0 Å². The monoisotopic (exact) mass is 292 g/mol. The summed E-state index contributed by atoms with van der Waals surface area (Å²) in [5.41, 5.74) is 0.0610. The van der Waals surface area contributed by atoms with Gasteiger partial charge in [0, 0.05) is 24.3 Å². The van der Waals surface area contributed by atoms with E-state index in [0.29, 0.717) is 12.6 Å². The molecule has 0 radical (unpaired) electrons. The largest absolute Gasteiger partial charge is 0.498 e. The van der Waals surface area contributed by atoms with Crippen LogP contribution in [0.5, 0.6) is 6.01 Å². The molecule has 0 saturated carbocycles. The molecule has 2 aliphatic rings. The van der Waals surface area contributed by atoms with Crippen LogP contribution in [0.3, 0.4) is 0 Å². The summed E-state index contributed by atoms with van der Waals surface area (Å²) in [5, 5.41) is 0. The van der Waals surface area contributed by atoms with Crippen molar-refractivity contribution < 1.29 is 18.8 Å². The maximum absolute atomic E-state index is 5.96. The Hall–Kier alpha value is -1.18. The second-order valence-electron chi connectivity index (χ2n) is 6.49. The van der Waals surface area contributed by atoms with Crippen LogP contribution in [-0.4, -0.2) is 47.6 Å². The molecular weight excluding hydrogens is 271 g/mol. The number of hydrogen-bond acceptors (Lipinski definition) is 6. The summed E-state index contributed by atoms with van der Waals surface area (Å²) in [7, 11) is -0.445. The van der Waals surface area contributed by atoms with Crippen molar-refractivity contribution in [1.29, 1.82) is 0 Å². The third-order valence-electron chi connectivity index (χ3n) is 4.33. The van der Waals surface area contributed by atoms with E-state index in [1.54, 1.807) is 12.4 Å². The van der Waals surface area contributed by atoms with Crippen molar-refractivity contribution in [2.45, 2.75) is 51.4 Å². The van der Waals surface area contributed by atoms with Gasteiger partial charge in [-0.3, -0.25) is 0 Å². The van der Waals surface area contributed by atoms with E-state index >= 15 is 0 Å². The van der Waals surface area contributed by atoms with E-state index in [9.17, 15) is 0 Å². The summed E-state index contributed by atoms with van der Waals surface area (Å²) < 4.78 is 22.8. The topological polar surface area (TPSA) is 62.7 Å². The number of rotatable bonds is 3. The lowest BCUT2D eigenvalue weighted by atomic mass is 9.81. The van der Waals surface area contributed by atoms with Crippen LogP contribution >= 0.6 is 0 Å². The molecular formula is C14H21BN2O4. The molecule has 2 fully saturated rings. The van der Waals surface area contributed by atoms with Crippen LogP contribution in [0, 0.1) is 0 Å². The first-order valence-electron chi connectivity index (χ1n) is 7.29. The maximum atomic E-state index is 5.96. The molecule has 0 aromatic carbocycles. The number of nitrogens with zero attached hydrogens (tertiary/aromatic N) is 2. The molecule has 3 heterocycles. The summed E-state index contributed by atoms with van der Waals surface area (Å²) in [6.45, 7) is 9.41. The molecule has 114 valence electrons. The molecule has 0 amide bonds. The fourth-order valence-electron chi connectivity index (χ4n) is 2.24. The lowest BCUT2D eigenvalue weighted by molar-refractivity contribution is 0.00578. The highest BCUT2D eigenvalue weighted by molar-refractivity contribution is 6.61. The van der Waals surface area contributed by atoms with Crippen molar-refractivity contribution in [3.8, 4) is 6.01 Å². The first kappa shape index (κ1) is 14.7. The highest BCUT2D eigenvalue weighted by Crippen LogP contribution is 2.36. The van der Waals surface area contributed by atoms with Gasteiger partial charge in [0.05, 0.1) is 24.4 Å². The van der Waals surface area contributed by atoms with Crippen molar-refractivity contribution in [3.05, 3.63) is 12.4 Å². The molecule has 2 aliphatic heterocycles.